The number of benzene rings is 1. The van der Waals surface area contributed by atoms with Crippen LogP contribution in [-0.4, -0.2) is 43.0 Å². The van der Waals surface area contributed by atoms with Gasteiger partial charge in [0.15, 0.2) is 0 Å². The van der Waals surface area contributed by atoms with Gasteiger partial charge in [-0.2, -0.15) is 0 Å². The standard InChI is InChI=1S/C14H18BrF2N3O/c1-2-19-14(21)12-7-18-5-6-20(12)8-9-11(16)4-3-10(15)13(9)17/h3-4,12,18H,2,5-8H2,1H3,(H,19,21). The number of amides is 1. The Hall–Kier alpha value is -1.05. The van der Waals surface area contributed by atoms with Gasteiger partial charge in [0.05, 0.1) is 4.47 Å². The molecule has 1 saturated heterocycles. The van der Waals surface area contributed by atoms with E-state index in [2.05, 4.69) is 26.6 Å². The minimum Gasteiger partial charge on any atom is -0.355 e. The number of rotatable bonds is 4. The fourth-order valence-electron chi connectivity index (χ4n) is 2.40. The van der Waals surface area contributed by atoms with E-state index in [0.29, 0.717) is 26.2 Å². The van der Waals surface area contributed by atoms with Gasteiger partial charge >= 0.3 is 0 Å². The summed E-state index contributed by atoms with van der Waals surface area (Å²) in [5.41, 5.74) is -0.0134. The first-order valence-corrected chi connectivity index (χ1v) is 7.68. The van der Waals surface area contributed by atoms with E-state index in [1.54, 1.807) is 4.90 Å². The van der Waals surface area contributed by atoms with Gasteiger partial charge in [-0.3, -0.25) is 9.69 Å². The van der Waals surface area contributed by atoms with Crippen LogP contribution < -0.4 is 10.6 Å². The molecule has 7 heteroatoms. The molecule has 0 spiro atoms. The fraction of sp³-hybridized carbons (Fsp3) is 0.500. The van der Waals surface area contributed by atoms with Gasteiger partial charge in [-0.05, 0) is 35.0 Å². The lowest BCUT2D eigenvalue weighted by molar-refractivity contribution is -0.127. The maximum Gasteiger partial charge on any atom is 0.238 e. The third-order valence-corrected chi connectivity index (χ3v) is 4.12. The van der Waals surface area contributed by atoms with Crippen molar-refractivity contribution >= 4 is 21.8 Å². The number of nitrogens with one attached hydrogen (secondary N) is 2. The molecular weight excluding hydrogens is 344 g/mol. The van der Waals surface area contributed by atoms with Crippen molar-refractivity contribution in [1.82, 2.24) is 15.5 Å². The quantitative estimate of drug-likeness (QED) is 0.801. The van der Waals surface area contributed by atoms with Crippen LogP contribution in [0.5, 0.6) is 0 Å². The molecule has 1 aromatic rings. The highest BCUT2D eigenvalue weighted by atomic mass is 79.9. The average Bonchev–Trinajstić information content (AvgIpc) is 2.48. The third-order valence-electron chi connectivity index (χ3n) is 3.51. The van der Waals surface area contributed by atoms with E-state index in [1.165, 1.54) is 12.1 Å². The lowest BCUT2D eigenvalue weighted by Crippen LogP contribution is -2.57. The zero-order chi connectivity index (χ0) is 15.4. The first kappa shape index (κ1) is 16.3. The number of carbonyl (C=O) groups is 1. The molecular formula is C14H18BrF2N3O. The summed E-state index contributed by atoms with van der Waals surface area (Å²) in [4.78, 5) is 13.8. The summed E-state index contributed by atoms with van der Waals surface area (Å²) in [6.45, 7) is 4.17. The highest BCUT2D eigenvalue weighted by Crippen LogP contribution is 2.23. The minimum absolute atomic E-state index is 0.0134. The SMILES string of the molecule is CCNC(=O)C1CNCCN1Cc1c(F)ccc(Br)c1F. The van der Waals surface area contributed by atoms with Gasteiger partial charge in [-0.15, -0.1) is 0 Å². The van der Waals surface area contributed by atoms with Crippen LogP contribution in [0.25, 0.3) is 0 Å². The second-order valence-electron chi connectivity index (χ2n) is 4.91. The summed E-state index contributed by atoms with van der Waals surface area (Å²) in [7, 11) is 0. The average molecular weight is 362 g/mol. The molecule has 2 N–H and O–H groups in total. The Bertz CT molecular complexity index is 527. The molecule has 0 saturated carbocycles. The molecule has 2 rings (SSSR count). The monoisotopic (exact) mass is 361 g/mol. The highest BCUT2D eigenvalue weighted by Gasteiger charge is 2.29. The molecule has 4 nitrogen and oxygen atoms in total. The van der Waals surface area contributed by atoms with Crippen molar-refractivity contribution in [3.05, 3.63) is 33.8 Å². The van der Waals surface area contributed by atoms with E-state index >= 15 is 0 Å². The number of nitrogens with zero attached hydrogens (tertiary/aromatic N) is 1. The van der Waals surface area contributed by atoms with E-state index in [4.69, 9.17) is 0 Å². The molecule has 0 radical (unpaired) electrons. The summed E-state index contributed by atoms with van der Waals surface area (Å²) in [5.74, 6) is -1.33. The van der Waals surface area contributed by atoms with Gasteiger partial charge in [-0.25, -0.2) is 8.78 Å². The van der Waals surface area contributed by atoms with Crippen molar-refractivity contribution in [2.75, 3.05) is 26.2 Å². The van der Waals surface area contributed by atoms with Crippen molar-refractivity contribution in [2.45, 2.75) is 19.5 Å². The Morgan fingerprint density at radius 1 is 1.52 bits per heavy atom. The second kappa shape index (κ2) is 7.29. The Balaban J connectivity index is 2.20. The Morgan fingerprint density at radius 2 is 2.29 bits per heavy atom. The molecule has 0 bridgehead atoms. The van der Waals surface area contributed by atoms with Crippen LogP contribution in [0.4, 0.5) is 8.78 Å². The van der Waals surface area contributed by atoms with E-state index in [9.17, 15) is 13.6 Å². The van der Waals surface area contributed by atoms with Crippen LogP contribution in [0, 0.1) is 11.6 Å². The van der Waals surface area contributed by atoms with E-state index in [0.717, 1.165) is 0 Å². The molecule has 0 aliphatic carbocycles. The van der Waals surface area contributed by atoms with Gasteiger partial charge in [-0.1, -0.05) is 0 Å². The summed E-state index contributed by atoms with van der Waals surface area (Å²) in [6.07, 6.45) is 0. The van der Waals surface area contributed by atoms with E-state index < -0.39 is 17.7 Å². The predicted molar refractivity (Wildman–Crippen MR) is 79.8 cm³/mol. The number of hydrogen-bond acceptors (Lipinski definition) is 3. The van der Waals surface area contributed by atoms with Crippen molar-refractivity contribution in [3.8, 4) is 0 Å². The first-order valence-electron chi connectivity index (χ1n) is 6.89. The number of piperazine rings is 1. The third kappa shape index (κ3) is 3.78. The number of carbonyl (C=O) groups excluding carboxylic acids is 1. The zero-order valence-corrected chi connectivity index (χ0v) is 13.3. The molecule has 1 unspecified atom stereocenters. The number of likely N-dealkylation sites (N-methyl/N-ethyl adjacent to an activating group) is 1. The van der Waals surface area contributed by atoms with E-state index in [1.807, 2.05) is 6.92 Å². The lowest BCUT2D eigenvalue weighted by atomic mass is 10.1. The van der Waals surface area contributed by atoms with Gasteiger partial charge in [0.25, 0.3) is 0 Å². The maximum atomic E-state index is 14.1. The summed E-state index contributed by atoms with van der Waals surface area (Å²) in [6, 6.07) is 2.15. The van der Waals surface area contributed by atoms with Gasteiger partial charge in [0.1, 0.15) is 17.7 Å². The normalized spacial score (nSPS) is 19.5. The topological polar surface area (TPSA) is 44.4 Å². The molecule has 0 aromatic heterocycles. The van der Waals surface area contributed by atoms with Crippen LogP contribution in [0.1, 0.15) is 12.5 Å². The van der Waals surface area contributed by atoms with Crippen molar-refractivity contribution < 1.29 is 13.6 Å². The van der Waals surface area contributed by atoms with Crippen LogP contribution >= 0.6 is 15.9 Å². The molecule has 1 fully saturated rings. The van der Waals surface area contributed by atoms with Crippen LogP contribution in [0.3, 0.4) is 0 Å². The van der Waals surface area contributed by atoms with Crippen molar-refractivity contribution in [3.63, 3.8) is 0 Å². The highest BCUT2D eigenvalue weighted by molar-refractivity contribution is 9.10. The molecule has 1 aliphatic heterocycles. The molecule has 1 heterocycles. The van der Waals surface area contributed by atoms with Gasteiger partial charge < -0.3 is 10.6 Å². The number of hydrogen-bond donors (Lipinski definition) is 2. The largest absolute Gasteiger partial charge is 0.355 e. The second-order valence-corrected chi connectivity index (χ2v) is 5.76. The smallest absolute Gasteiger partial charge is 0.238 e. The molecule has 1 atom stereocenters. The van der Waals surface area contributed by atoms with Gasteiger partial charge in [0, 0.05) is 38.3 Å². The molecule has 116 valence electrons. The van der Waals surface area contributed by atoms with E-state index in [-0.39, 0.29) is 22.5 Å². The lowest BCUT2D eigenvalue weighted by Gasteiger charge is -2.35. The molecule has 21 heavy (non-hydrogen) atoms. The van der Waals surface area contributed by atoms with Crippen LogP contribution in [0.2, 0.25) is 0 Å². The molecule has 1 amide bonds. The molecule has 1 aliphatic rings. The summed E-state index contributed by atoms with van der Waals surface area (Å²) in [5, 5.41) is 5.89. The maximum absolute atomic E-state index is 14.1. The summed E-state index contributed by atoms with van der Waals surface area (Å²) >= 11 is 3.06. The first-order chi connectivity index (χ1) is 10.0. The van der Waals surface area contributed by atoms with Crippen LogP contribution in [0.15, 0.2) is 16.6 Å². The minimum atomic E-state index is -0.608. The Labute approximate surface area is 131 Å². The predicted octanol–water partition coefficient (Wildman–Crippen LogP) is 1.64. The van der Waals surface area contributed by atoms with Gasteiger partial charge in [0.2, 0.25) is 5.91 Å². The van der Waals surface area contributed by atoms with Crippen molar-refractivity contribution in [2.24, 2.45) is 0 Å². The molecule has 1 aromatic carbocycles. The number of halogens is 3. The summed E-state index contributed by atoms with van der Waals surface area (Å²) < 4.78 is 28.1. The zero-order valence-electron chi connectivity index (χ0n) is 11.8. The van der Waals surface area contributed by atoms with Crippen LogP contribution in [-0.2, 0) is 11.3 Å². The Kier molecular flexibility index (Phi) is 5.66. The fourth-order valence-corrected chi connectivity index (χ4v) is 2.77. The van der Waals surface area contributed by atoms with Crippen molar-refractivity contribution in [1.29, 1.82) is 0 Å². The Morgan fingerprint density at radius 3 is 3.00 bits per heavy atom.